The van der Waals surface area contributed by atoms with Gasteiger partial charge < -0.3 is 20.1 Å². The zero-order chi connectivity index (χ0) is 22.1. The number of fused-ring (bicyclic) bond motifs is 1. The topological polar surface area (TPSA) is 93.8 Å². The van der Waals surface area contributed by atoms with Crippen molar-refractivity contribution in [3.63, 3.8) is 0 Å². The number of aromatic nitrogens is 2. The van der Waals surface area contributed by atoms with E-state index in [0.717, 1.165) is 28.1 Å². The molecule has 2 aromatic carbocycles. The lowest BCUT2D eigenvalue weighted by atomic mass is 10.1. The number of hydrogen-bond acceptors (Lipinski definition) is 7. The Morgan fingerprint density at radius 3 is 2.44 bits per heavy atom. The molecule has 2 N–H and O–H groups in total. The second-order valence-corrected chi connectivity index (χ2v) is 7.90. The van der Waals surface area contributed by atoms with Crippen molar-refractivity contribution in [2.24, 2.45) is 0 Å². The van der Waals surface area contributed by atoms with Crippen molar-refractivity contribution in [3.8, 4) is 17.0 Å². The van der Waals surface area contributed by atoms with Gasteiger partial charge in [0.1, 0.15) is 11.6 Å². The largest absolute Gasteiger partial charge is 0.497 e. The minimum Gasteiger partial charge on any atom is -0.497 e. The maximum Gasteiger partial charge on any atom is 0.233 e. The number of nitrogen functional groups attached to an aromatic ring is 1. The summed E-state index contributed by atoms with van der Waals surface area (Å²) in [6.07, 6.45) is 0.272. The Morgan fingerprint density at radius 2 is 1.75 bits per heavy atom. The minimum absolute atomic E-state index is 0.0148. The molecule has 32 heavy (non-hydrogen) atoms. The molecule has 2 aliphatic heterocycles. The maximum atomic E-state index is 13.1. The van der Waals surface area contributed by atoms with Gasteiger partial charge in [-0.2, -0.15) is 4.98 Å². The first-order valence-electron chi connectivity index (χ1n) is 10.6. The van der Waals surface area contributed by atoms with E-state index in [4.69, 9.17) is 25.2 Å². The summed E-state index contributed by atoms with van der Waals surface area (Å²) < 4.78 is 10.7. The third-order valence-electron chi connectivity index (χ3n) is 5.84. The fourth-order valence-electron chi connectivity index (χ4n) is 4.07. The van der Waals surface area contributed by atoms with Crippen LogP contribution >= 0.6 is 0 Å². The van der Waals surface area contributed by atoms with Gasteiger partial charge in [-0.3, -0.25) is 9.69 Å². The molecular formula is C24H25N5O3. The quantitative estimate of drug-likeness (QED) is 0.621. The molecule has 8 heteroatoms. The van der Waals surface area contributed by atoms with Crippen LogP contribution in [-0.2, 0) is 22.5 Å². The van der Waals surface area contributed by atoms with Gasteiger partial charge in [-0.15, -0.1) is 0 Å². The van der Waals surface area contributed by atoms with Gasteiger partial charge in [0, 0.05) is 29.9 Å². The first-order valence-corrected chi connectivity index (χ1v) is 10.6. The van der Waals surface area contributed by atoms with Crippen LogP contribution in [0.4, 0.5) is 17.5 Å². The Labute approximate surface area is 186 Å². The Kier molecular flexibility index (Phi) is 5.36. The van der Waals surface area contributed by atoms with E-state index in [1.165, 1.54) is 0 Å². The Morgan fingerprint density at radius 1 is 1.03 bits per heavy atom. The van der Waals surface area contributed by atoms with Crippen molar-refractivity contribution in [3.05, 3.63) is 59.7 Å². The van der Waals surface area contributed by atoms with Crippen molar-refractivity contribution < 1.29 is 14.3 Å². The van der Waals surface area contributed by atoms with Crippen LogP contribution in [0.2, 0.25) is 0 Å². The van der Waals surface area contributed by atoms with Crippen LogP contribution in [-0.4, -0.2) is 49.3 Å². The molecule has 1 aromatic heterocycles. The van der Waals surface area contributed by atoms with Crippen LogP contribution in [0.25, 0.3) is 11.3 Å². The summed E-state index contributed by atoms with van der Waals surface area (Å²) >= 11 is 0. The van der Waals surface area contributed by atoms with Crippen molar-refractivity contribution in [1.29, 1.82) is 0 Å². The predicted octanol–water partition coefficient (Wildman–Crippen LogP) is 2.66. The van der Waals surface area contributed by atoms with Crippen molar-refractivity contribution in [2.45, 2.75) is 13.0 Å². The minimum atomic E-state index is 0.0148. The number of hydrogen-bond donors (Lipinski definition) is 1. The lowest BCUT2D eigenvalue weighted by Gasteiger charge is -2.28. The highest BCUT2D eigenvalue weighted by atomic mass is 16.5. The molecule has 8 nitrogen and oxygen atoms in total. The molecule has 3 heterocycles. The smallest absolute Gasteiger partial charge is 0.233 e. The molecule has 3 aromatic rings. The van der Waals surface area contributed by atoms with Gasteiger partial charge in [-0.1, -0.05) is 24.3 Å². The van der Waals surface area contributed by atoms with E-state index in [9.17, 15) is 4.79 Å². The summed E-state index contributed by atoms with van der Waals surface area (Å²) in [6, 6.07) is 15.3. The van der Waals surface area contributed by atoms with E-state index in [0.29, 0.717) is 50.3 Å². The number of nitrogens with two attached hydrogens (primary N) is 1. The molecular weight excluding hydrogens is 406 g/mol. The van der Waals surface area contributed by atoms with Gasteiger partial charge in [-0.25, -0.2) is 4.98 Å². The Bertz CT molecular complexity index is 1130. The zero-order valence-electron chi connectivity index (χ0n) is 18.0. The first-order chi connectivity index (χ1) is 15.6. The van der Waals surface area contributed by atoms with Crippen LogP contribution in [0.1, 0.15) is 11.1 Å². The summed E-state index contributed by atoms with van der Waals surface area (Å²) in [5, 5.41) is 0. The molecule has 164 valence electrons. The number of benzene rings is 2. The van der Waals surface area contributed by atoms with E-state index in [1.807, 2.05) is 48.5 Å². The third-order valence-corrected chi connectivity index (χ3v) is 5.84. The lowest BCUT2D eigenvalue weighted by Crippen LogP contribution is -2.37. The molecule has 0 radical (unpaired) electrons. The van der Waals surface area contributed by atoms with E-state index >= 15 is 0 Å². The highest BCUT2D eigenvalue weighted by molar-refractivity contribution is 6.02. The average Bonchev–Trinajstić information content (AvgIpc) is 3.15. The second kappa shape index (κ2) is 8.47. The van der Waals surface area contributed by atoms with Gasteiger partial charge >= 0.3 is 0 Å². The number of anilines is 3. The van der Waals surface area contributed by atoms with Gasteiger partial charge in [0.15, 0.2) is 0 Å². The van der Waals surface area contributed by atoms with Crippen LogP contribution in [0.3, 0.4) is 0 Å². The molecule has 0 saturated carbocycles. The normalized spacial score (nSPS) is 15.7. The van der Waals surface area contributed by atoms with Crippen LogP contribution in [0.15, 0.2) is 48.5 Å². The van der Waals surface area contributed by atoms with Gasteiger partial charge in [0.25, 0.3) is 0 Å². The zero-order valence-corrected chi connectivity index (χ0v) is 18.0. The van der Waals surface area contributed by atoms with Gasteiger partial charge in [0.05, 0.1) is 39.0 Å². The molecule has 1 saturated heterocycles. The van der Waals surface area contributed by atoms with Gasteiger partial charge in [-0.05, 0) is 29.8 Å². The highest BCUT2D eigenvalue weighted by Crippen LogP contribution is 2.37. The van der Waals surface area contributed by atoms with Crippen molar-refractivity contribution in [2.75, 3.05) is 48.9 Å². The summed E-state index contributed by atoms with van der Waals surface area (Å²) in [4.78, 5) is 26.7. The molecule has 1 fully saturated rings. The van der Waals surface area contributed by atoms with E-state index in [2.05, 4.69) is 4.90 Å². The standard InChI is InChI=1S/C24H25N5O3/c1-31-19-8-2-16(3-9-19)15-29-21(30)14-20-22(17-4-6-18(25)7-5-17)26-24(27-23(20)29)28-10-12-32-13-11-28/h2-9H,10-15,25H2,1H3. The summed E-state index contributed by atoms with van der Waals surface area (Å²) in [6.45, 7) is 3.13. The number of carbonyl (C=O) groups is 1. The molecule has 0 atom stereocenters. The second-order valence-electron chi connectivity index (χ2n) is 7.90. The SMILES string of the molecule is COc1ccc(CN2C(=O)Cc3c(-c4ccc(N)cc4)nc(N4CCOCC4)nc32)cc1. The number of nitrogens with zero attached hydrogens (tertiary/aromatic N) is 4. The van der Waals surface area contributed by atoms with Gasteiger partial charge in [0.2, 0.25) is 11.9 Å². The lowest BCUT2D eigenvalue weighted by molar-refractivity contribution is -0.117. The summed E-state index contributed by atoms with van der Waals surface area (Å²) in [5.41, 5.74) is 10.1. The van der Waals surface area contributed by atoms with E-state index < -0.39 is 0 Å². The van der Waals surface area contributed by atoms with Crippen LogP contribution in [0, 0.1) is 0 Å². The fourth-order valence-corrected chi connectivity index (χ4v) is 4.07. The fraction of sp³-hybridized carbons (Fsp3) is 0.292. The highest BCUT2D eigenvalue weighted by Gasteiger charge is 2.34. The number of rotatable bonds is 5. The number of ether oxygens (including phenoxy) is 2. The molecule has 0 spiro atoms. The molecule has 1 amide bonds. The number of carbonyl (C=O) groups excluding carboxylic acids is 1. The van der Waals surface area contributed by atoms with Crippen molar-refractivity contribution in [1.82, 2.24) is 9.97 Å². The third kappa shape index (κ3) is 3.85. The Hall–Kier alpha value is -3.65. The van der Waals surface area contributed by atoms with Crippen molar-refractivity contribution >= 4 is 23.4 Å². The Balaban J connectivity index is 1.57. The average molecular weight is 431 g/mol. The molecule has 0 aliphatic carbocycles. The number of methoxy groups -OCH3 is 1. The van der Waals surface area contributed by atoms with E-state index in [1.54, 1.807) is 12.0 Å². The molecule has 2 aliphatic rings. The molecule has 5 rings (SSSR count). The molecule has 0 unspecified atom stereocenters. The monoisotopic (exact) mass is 431 g/mol. The summed E-state index contributed by atoms with van der Waals surface area (Å²) in [5.74, 6) is 2.09. The number of morpholine rings is 1. The first kappa shape index (κ1) is 20.3. The maximum absolute atomic E-state index is 13.1. The summed E-state index contributed by atoms with van der Waals surface area (Å²) in [7, 11) is 1.64. The number of amides is 1. The molecule has 0 bridgehead atoms. The van der Waals surface area contributed by atoms with Crippen LogP contribution in [0.5, 0.6) is 5.75 Å². The van der Waals surface area contributed by atoms with Crippen LogP contribution < -0.4 is 20.3 Å². The predicted molar refractivity (Wildman–Crippen MR) is 123 cm³/mol. The van der Waals surface area contributed by atoms with E-state index in [-0.39, 0.29) is 12.3 Å².